The molecule has 0 radical (unpaired) electrons. The Hall–Kier alpha value is -1.52. The quantitative estimate of drug-likeness (QED) is 0.868. The van der Waals surface area contributed by atoms with Gasteiger partial charge in [-0.05, 0) is 23.3 Å². The first-order valence-corrected chi connectivity index (χ1v) is 5.81. The molecule has 0 aliphatic carbocycles. The molecular weight excluding hydrogens is 279 g/mol. The molecule has 1 aromatic carbocycles. The van der Waals surface area contributed by atoms with Gasteiger partial charge in [0.1, 0.15) is 6.61 Å². The van der Waals surface area contributed by atoms with Gasteiger partial charge < -0.3 is 9.84 Å². The third-order valence-electron chi connectivity index (χ3n) is 2.54. The lowest BCUT2D eigenvalue weighted by Gasteiger charge is -2.09. The molecule has 0 bridgehead atoms. The topological polar surface area (TPSA) is 63.6 Å². The average molecular weight is 287 g/mol. The van der Waals surface area contributed by atoms with E-state index in [1.807, 2.05) is 0 Å². The third-order valence-corrected chi connectivity index (χ3v) is 3.33. The Bertz CT molecular complexity index is 563. The van der Waals surface area contributed by atoms with Crippen molar-refractivity contribution >= 4 is 35.1 Å². The van der Waals surface area contributed by atoms with E-state index in [1.54, 1.807) is 0 Å². The summed E-state index contributed by atoms with van der Waals surface area (Å²) in [5.74, 6) is -1.53. The second kappa shape index (κ2) is 5.00. The Morgan fingerprint density at radius 1 is 1.39 bits per heavy atom. The van der Waals surface area contributed by atoms with Crippen molar-refractivity contribution in [1.82, 2.24) is 0 Å². The summed E-state index contributed by atoms with van der Waals surface area (Å²) in [6.45, 7) is 0.183. The summed E-state index contributed by atoms with van der Waals surface area (Å²) < 4.78 is 4.76. The highest BCUT2D eigenvalue weighted by atomic mass is 35.5. The van der Waals surface area contributed by atoms with Crippen molar-refractivity contribution in [3.63, 3.8) is 0 Å². The monoisotopic (exact) mass is 286 g/mol. The fourth-order valence-electron chi connectivity index (χ4n) is 1.67. The van der Waals surface area contributed by atoms with Crippen LogP contribution in [0.25, 0.3) is 0 Å². The zero-order valence-corrected chi connectivity index (χ0v) is 10.6. The van der Waals surface area contributed by atoms with Gasteiger partial charge in [-0.3, -0.25) is 0 Å². The number of ether oxygens (including phenoxy) is 1. The van der Waals surface area contributed by atoms with Crippen LogP contribution in [0.1, 0.15) is 15.9 Å². The molecule has 2 rings (SSSR count). The van der Waals surface area contributed by atoms with E-state index in [2.05, 4.69) is 0 Å². The van der Waals surface area contributed by atoms with Crippen molar-refractivity contribution in [3.8, 4) is 0 Å². The molecule has 4 nitrogen and oxygen atoms in total. The van der Waals surface area contributed by atoms with Crippen molar-refractivity contribution in [2.75, 3.05) is 6.61 Å². The van der Waals surface area contributed by atoms with E-state index in [1.165, 1.54) is 18.2 Å². The fraction of sp³-hybridized carbons (Fsp3) is 0.167. The van der Waals surface area contributed by atoms with Crippen LogP contribution in [0.5, 0.6) is 0 Å². The average Bonchev–Trinajstić information content (AvgIpc) is 2.69. The standard InChI is InChI=1S/C12H8Cl2O4/c13-9-2-1-7(12(16)17)11(14)8(9)3-6-4-10(15)18-5-6/h1-2,4H,3,5H2,(H,16,17). The summed E-state index contributed by atoms with van der Waals surface area (Å²) in [4.78, 5) is 21.9. The van der Waals surface area contributed by atoms with Gasteiger partial charge in [0, 0.05) is 17.5 Å². The number of halogens is 2. The second-order valence-corrected chi connectivity index (χ2v) is 4.56. The molecule has 1 heterocycles. The summed E-state index contributed by atoms with van der Waals surface area (Å²) in [6.07, 6.45) is 1.66. The first-order chi connectivity index (χ1) is 8.49. The number of carbonyl (C=O) groups excluding carboxylic acids is 1. The van der Waals surface area contributed by atoms with Gasteiger partial charge in [0.15, 0.2) is 0 Å². The molecule has 1 aliphatic heterocycles. The molecule has 0 fully saturated rings. The number of aromatic carboxylic acids is 1. The number of carbonyl (C=O) groups is 2. The van der Waals surface area contributed by atoms with Crippen molar-refractivity contribution in [1.29, 1.82) is 0 Å². The Morgan fingerprint density at radius 3 is 2.67 bits per heavy atom. The normalized spacial score (nSPS) is 14.3. The minimum Gasteiger partial charge on any atom is -0.478 e. The molecule has 0 saturated carbocycles. The summed E-state index contributed by atoms with van der Waals surface area (Å²) in [5, 5.41) is 9.42. The van der Waals surface area contributed by atoms with Crippen molar-refractivity contribution in [3.05, 3.63) is 45.0 Å². The molecule has 0 unspecified atom stereocenters. The Kier molecular flexibility index (Phi) is 3.59. The lowest BCUT2D eigenvalue weighted by Crippen LogP contribution is -2.02. The maximum absolute atomic E-state index is 11.0. The lowest BCUT2D eigenvalue weighted by molar-refractivity contribution is -0.134. The molecule has 1 aliphatic rings. The zero-order chi connectivity index (χ0) is 13.3. The number of cyclic esters (lactones) is 1. The van der Waals surface area contributed by atoms with Crippen LogP contribution in [-0.2, 0) is 16.0 Å². The predicted molar refractivity (Wildman–Crippen MR) is 66.2 cm³/mol. The van der Waals surface area contributed by atoms with E-state index in [9.17, 15) is 9.59 Å². The van der Waals surface area contributed by atoms with E-state index in [-0.39, 0.29) is 17.2 Å². The van der Waals surface area contributed by atoms with Gasteiger partial charge in [0.05, 0.1) is 10.6 Å². The summed E-state index contributed by atoms with van der Waals surface area (Å²) >= 11 is 12.0. The molecule has 94 valence electrons. The van der Waals surface area contributed by atoms with E-state index < -0.39 is 11.9 Å². The number of carboxylic acids is 1. The molecule has 0 aromatic heterocycles. The molecule has 0 saturated heterocycles. The van der Waals surface area contributed by atoms with Crippen LogP contribution in [0.2, 0.25) is 10.0 Å². The van der Waals surface area contributed by atoms with Gasteiger partial charge in [-0.2, -0.15) is 0 Å². The Balaban J connectivity index is 2.38. The molecular formula is C12H8Cl2O4. The molecule has 0 spiro atoms. The van der Waals surface area contributed by atoms with Gasteiger partial charge in [-0.15, -0.1) is 0 Å². The molecule has 0 atom stereocenters. The van der Waals surface area contributed by atoms with Gasteiger partial charge in [0.25, 0.3) is 0 Å². The smallest absolute Gasteiger partial charge is 0.337 e. The second-order valence-electron chi connectivity index (χ2n) is 3.78. The fourth-order valence-corrected chi connectivity index (χ4v) is 2.25. The number of benzene rings is 1. The molecule has 0 amide bonds. The van der Waals surface area contributed by atoms with Crippen LogP contribution in [0, 0.1) is 0 Å². The van der Waals surface area contributed by atoms with Crippen molar-refractivity contribution < 1.29 is 19.4 Å². The summed E-state index contributed by atoms with van der Waals surface area (Å²) in [5.41, 5.74) is 1.19. The number of hydrogen-bond donors (Lipinski definition) is 1. The van der Waals surface area contributed by atoms with Gasteiger partial charge >= 0.3 is 11.9 Å². The van der Waals surface area contributed by atoms with E-state index in [0.717, 1.165) is 0 Å². The van der Waals surface area contributed by atoms with Crippen molar-refractivity contribution in [2.24, 2.45) is 0 Å². The van der Waals surface area contributed by atoms with Gasteiger partial charge in [0.2, 0.25) is 0 Å². The van der Waals surface area contributed by atoms with E-state index >= 15 is 0 Å². The molecule has 6 heteroatoms. The Labute approximate surface area is 113 Å². The van der Waals surface area contributed by atoms with Gasteiger partial charge in [-0.1, -0.05) is 23.2 Å². The Morgan fingerprint density at radius 2 is 2.11 bits per heavy atom. The highest BCUT2D eigenvalue weighted by Gasteiger charge is 2.19. The number of esters is 1. The maximum atomic E-state index is 11.0. The molecule has 18 heavy (non-hydrogen) atoms. The zero-order valence-electron chi connectivity index (χ0n) is 9.07. The van der Waals surface area contributed by atoms with Crippen LogP contribution >= 0.6 is 23.2 Å². The highest BCUT2D eigenvalue weighted by Crippen LogP contribution is 2.31. The van der Waals surface area contributed by atoms with E-state index in [4.69, 9.17) is 33.0 Å². The largest absolute Gasteiger partial charge is 0.478 e. The van der Waals surface area contributed by atoms with Crippen LogP contribution in [-0.4, -0.2) is 23.7 Å². The molecule has 1 aromatic rings. The minimum absolute atomic E-state index is 0.0121. The van der Waals surface area contributed by atoms with E-state index in [0.29, 0.717) is 22.6 Å². The third kappa shape index (κ3) is 2.49. The van der Waals surface area contributed by atoms with Crippen LogP contribution in [0.15, 0.2) is 23.8 Å². The van der Waals surface area contributed by atoms with Gasteiger partial charge in [-0.25, -0.2) is 9.59 Å². The van der Waals surface area contributed by atoms with Crippen LogP contribution in [0.3, 0.4) is 0 Å². The highest BCUT2D eigenvalue weighted by molar-refractivity contribution is 6.38. The molecule has 1 N–H and O–H groups in total. The first-order valence-electron chi connectivity index (χ1n) is 5.05. The minimum atomic E-state index is -1.12. The summed E-state index contributed by atoms with van der Waals surface area (Å²) in [6, 6.07) is 2.82. The van der Waals surface area contributed by atoms with Crippen LogP contribution < -0.4 is 0 Å². The first kappa shape index (κ1) is 12.9. The van der Waals surface area contributed by atoms with Crippen molar-refractivity contribution in [2.45, 2.75) is 6.42 Å². The maximum Gasteiger partial charge on any atom is 0.337 e. The summed E-state index contributed by atoms with van der Waals surface area (Å²) in [7, 11) is 0. The number of hydrogen-bond acceptors (Lipinski definition) is 3. The lowest BCUT2D eigenvalue weighted by atomic mass is 10.0. The SMILES string of the molecule is O=C1C=C(Cc2c(Cl)ccc(C(=O)O)c2Cl)CO1. The predicted octanol–water partition coefficient (Wildman–Crippen LogP) is 2.72. The van der Waals surface area contributed by atoms with Crippen LogP contribution in [0.4, 0.5) is 0 Å². The number of rotatable bonds is 3. The number of carboxylic acid groups (broad SMARTS) is 1.